The van der Waals surface area contributed by atoms with Crippen molar-refractivity contribution in [3.63, 3.8) is 0 Å². The zero-order valence-corrected chi connectivity index (χ0v) is 16.4. The predicted octanol–water partition coefficient (Wildman–Crippen LogP) is 2.03. The molecular weight excluding hydrogens is 358 g/mol. The number of aliphatic hydroxyl groups excluding tert-OH is 1. The molecule has 2 fully saturated rings. The van der Waals surface area contributed by atoms with Crippen LogP contribution in [0.1, 0.15) is 45.4 Å². The van der Waals surface area contributed by atoms with Crippen molar-refractivity contribution in [3.8, 4) is 0 Å². The van der Waals surface area contributed by atoms with E-state index in [1.807, 2.05) is 29.2 Å². The van der Waals surface area contributed by atoms with Crippen LogP contribution in [0.5, 0.6) is 0 Å². The number of nitrogens with zero attached hydrogens (tertiary/aromatic N) is 2. The number of piperidine rings is 1. The molecule has 0 unspecified atom stereocenters. The van der Waals surface area contributed by atoms with E-state index in [1.165, 1.54) is 0 Å². The van der Waals surface area contributed by atoms with E-state index in [1.54, 1.807) is 4.57 Å². The lowest BCUT2D eigenvalue weighted by Crippen LogP contribution is -2.53. The van der Waals surface area contributed by atoms with Crippen LogP contribution in [-0.2, 0) is 16.1 Å². The van der Waals surface area contributed by atoms with Gasteiger partial charge in [-0.25, -0.2) is 4.79 Å². The van der Waals surface area contributed by atoms with Crippen molar-refractivity contribution in [3.05, 3.63) is 34.7 Å². The molecule has 28 heavy (non-hydrogen) atoms. The molecule has 0 radical (unpaired) electrons. The second-order valence-corrected chi connectivity index (χ2v) is 8.15. The molecule has 0 aliphatic carbocycles. The minimum atomic E-state index is -0.310. The Labute approximate surface area is 164 Å². The number of nitrogens with one attached hydrogen (secondary N) is 1. The fourth-order valence-corrected chi connectivity index (χ4v) is 4.70. The lowest BCUT2D eigenvalue weighted by atomic mass is 9.81. The van der Waals surface area contributed by atoms with Gasteiger partial charge in [0.2, 0.25) is 5.91 Å². The topological polar surface area (TPSA) is 87.6 Å². The number of carbonyl (C=O) groups is 1. The first-order valence-electron chi connectivity index (χ1n) is 10.3. The van der Waals surface area contributed by atoms with E-state index in [9.17, 15) is 14.7 Å². The zero-order valence-electron chi connectivity index (χ0n) is 16.4. The van der Waals surface area contributed by atoms with Gasteiger partial charge in [0.25, 0.3) is 0 Å². The van der Waals surface area contributed by atoms with Crippen molar-refractivity contribution in [2.45, 2.75) is 69.8 Å². The Morgan fingerprint density at radius 1 is 1.32 bits per heavy atom. The van der Waals surface area contributed by atoms with E-state index >= 15 is 0 Å². The smallest absolute Gasteiger partial charge is 0.326 e. The van der Waals surface area contributed by atoms with Crippen LogP contribution in [0.15, 0.2) is 29.1 Å². The van der Waals surface area contributed by atoms with Crippen molar-refractivity contribution < 1.29 is 14.6 Å². The summed E-state index contributed by atoms with van der Waals surface area (Å²) in [6.45, 7) is 3.74. The molecule has 2 saturated heterocycles. The van der Waals surface area contributed by atoms with Gasteiger partial charge in [0.05, 0.1) is 28.8 Å². The van der Waals surface area contributed by atoms with E-state index in [0.717, 1.165) is 30.3 Å². The number of ether oxygens (including phenoxy) is 1. The van der Waals surface area contributed by atoms with E-state index in [-0.39, 0.29) is 29.4 Å². The van der Waals surface area contributed by atoms with Gasteiger partial charge in [-0.1, -0.05) is 19.1 Å². The summed E-state index contributed by atoms with van der Waals surface area (Å²) < 4.78 is 7.93. The van der Waals surface area contributed by atoms with Gasteiger partial charge < -0.3 is 19.7 Å². The number of aromatic amines is 1. The van der Waals surface area contributed by atoms with Crippen molar-refractivity contribution >= 4 is 16.9 Å². The maximum atomic E-state index is 12.7. The largest absolute Gasteiger partial charge is 0.393 e. The number of H-pyrrole nitrogens is 1. The van der Waals surface area contributed by atoms with Gasteiger partial charge >= 0.3 is 5.69 Å². The molecule has 152 valence electrons. The summed E-state index contributed by atoms with van der Waals surface area (Å²) in [6, 6.07) is 7.52. The molecule has 1 spiro atoms. The predicted molar refractivity (Wildman–Crippen MR) is 106 cm³/mol. The molecule has 1 aromatic heterocycles. The highest BCUT2D eigenvalue weighted by Gasteiger charge is 2.43. The molecule has 1 amide bonds. The first-order valence-corrected chi connectivity index (χ1v) is 10.3. The van der Waals surface area contributed by atoms with Gasteiger partial charge in [-0.05, 0) is 37.8 Å². The average molecular weight is 387 g/mol. The number of benzene rings is 1. The van der Waals surface area contributed by atoms with Crippen molar-refractivity contribution in [1.82, 2.24) is 14.5 Å². The van der Waals surface area contributed by atoms with Gasteiger partial charge in [-0.15, -0.1) is 0 Å². The summed E-state index contributed by atoms with van der Waals surface area (Å²) in [5.41, 5.74) is 1.15. The number of aryl methyl sites for hydroxylation is 1. The minimum absolute atomic E-state index is 0.0652. The van der Waals surface area contributed by atoms with Crippen LogP contribution in [0.3, 0.4) is 0 Å². The monoisotopic (exact) mass is 387 g/mol. The average Bonchev–Trinajstić information content (AvgIpc) is 3.01. The maximum absolute atomic E-state index is 12.7. The number of rotatable bonds is 4. The molecule has 2 atom stereocenters. The van der Waals surface area contributed by atoms with Gasteiger partial charge in [-0.2, -0.15) is 0 Å². The molecule has 7 heteroatoms. The fourth-order valence-electron chi connectivity index (χ4n) is 4.70. The van der Waals surface area contributed by atoms with Crippen LogP contribution in [0.4, 0.5) is 0 Å². The number of amides is 1. The van der Waals surface area contributed by atoms with Crippen molar-refractivity contribution in [2.75, 3.05) is 13.1 Å². The number of aliphatic hydroxyl groups is 1. The molecule has 0 saturated carbocycles. The van der Waals surface area contributed by atoms with E-state index in [0.29, 0.717) is 38.9 Å². The Balaban J connectivity index is 1.35. The van der Waals surface area contributed by atoms with Crippen LogP contribution in [0.25, 0.3) is 11.0 Å². The lowest BCUT2D eigenvalue weighted by molar-refractivity contribution is -0.183. The summed E-state index contributed by atoms with van der Waals surface area (Å²) in [5, 5.41) is 10.2. The highest BCUT2D eigenvalue weighted by Crippen LogP contribution is 2.38. The second-order valence-electron chi connectivity index (χ2n) is 8.15. The van der Waals surface area contributed by atoms with Gasteiger partial charge in [0.1, 0.15) is 0 Å². The van der Waals surface area contributed by atoms with Gasteiger partial charge in [0.15, 0.2) is 0 Å². The summed E-state index contributed by atoms with van der Waals surface area (Å²) >= 11 is 0. The Morgan fingerprint density at radius 2 is 2.07 bits per heavy atom. The molecule has 4 rings (SSSR count). The summed E-state index contributed by atoms with van der Waals surface area (Å²) in [6.07, 6.45) is 3.90. The van der Waals surface area contributed by atoms with Crippen LogP contribution < -0.4 is 5.69 Å². The number of hydrogen-bond donors (Lipinski definition) is 2. The number of para-hydroxylation sites is 2. The number of fused-ring (bicyclic) bond motifs is 1. The van der Waals surface area contributed by atoms with Gasteiger partial charge in [0, 0.05) is 32.5 Å². The Hall–Kier alpha value is -2.12. The first-order chi connectivity index (χ1) is 13.5. The van der Waals surface area contributed by atoms with E-state index in [2.05, 4.69) is 11.9 Å². The van der Waals surface area contributed by atoms with Crippen LogP contribution in [-0.4, -0.2) is 56.4 Å². The minimum Gasteiger partial charge on any atom is -0.393 e. The molecule has 2 aliphatic rings. The molecule has 3 heterocycles. The zero-order chi connectivity index (χ0) is 19.7. The molecule has 7 nitrogen and oxygen atoms in total. The maximum Gasteiger partial charge on any atom is 0.326 e. The van der Waals surface area contributed by atoms with Crippen molar-refractivity contribution in [2.24, 2.45) is 0 Å². The van der Waals surface area contributed by atoms with Crippen molar-refractivity contribution in [1.29, 1.82) is 0 Å². The first kappa shape index (κ1) is 19.2. The molecule has 0 bridgehead atoms. The summed E-state index contributed by atoms with van der Waals surface area (Å²) in [5.74, 6) is 0.0652. The molecule has 2 aromatic rings. The number of likely N-dealkylation sites (tertiary alicyclic amines) is 1. The number of carbonyl (C=O) groups excluding carboxylic acids is 1. The third kappa shape index (κ3) is 3.73. The van der Waals surface area contributed by atoms with Crippen LogP contribution >= 0.6 is 0 Å². The quantitative estimate of drug-likeness (QED) is 0.840. The Bertz CT molecular complexity index is 894. The van der Waals surface area contributed by atoms with Crippen LogP contribution in [0, 0.1) is 0 Å². The second kappa shape index (κ2) is 7.72. The van der Waals surface area contributed by atoms with Gasteiger partial charge in [-0.3, -0.25) is 9.36 Å². The van der Waals surface area contributed by atoms with E-state index < -0.39 is 0 Å². The number of imidazole rings is 1. The molecule has 2 aliphatic heterocycles. The SMILES string of the molecule is CC[C@H]1C[C@@H](O)CC2(CCN(C(=O)CCn3c(=O)[nH]c4ccccc43)CC2)O1. The number of aromatic nitrogens is 2. The standard InChI is InChI=1S/C21H29N3O4/c1-2-16-13-15(25)14-21(28-16)8-11-23(12-9-21)19(26)7-10-24-18-6-4-3-5-17(18)22-20(24)27/h3-6,15-16,25H,2,7-14H2,1H3,(H,22,27)/t15-,16+/m1/s1. The lowest BCUT2D eigenvalue weighted by Gasteiger charge is -2.47. The highest BCUT2D eigenvalue weighted by atomic mass is 16.5. The third-order valence-corrected chi connectivity index (χ3v) is 6.27. The van der Waals surface area contributed by atoms with E-state index in [4.69, 9.17) is 4.74 Å². The molecule has 2 N–H and O–H groups in total. The summed E-state index contributed by atoms with van der Waals surface area (Å²) in [4.78, 5) is 29.6. The van der Waals surface area contributed by atoms with Crippen LogP contribution in [0.2, 0.25) is 0 Å². The fraction of sp³-hybridized carbons (Fsp3) is 0.619. The Morgan fingerprint density at radius 3 is 2.82 bits per heavy atom. The third-order valence-electron chi connectivity index (χ3n) is 6.27. The summed E-state index contributed by atoms with van der Waals surface area (Å²) in [7, 11) is 0. The highest BCUT2D eigenvalue weighted by molar-refractivity contribution is 5.77. The normalized spacial score (nSPS) is 24.7. The number of hydrogen-bond acceptors (Lipinski definition) is 4. The molecule has 1 aromatic carbocycles. The molecular formula is C21H29N3O4. The Kier molecular flexibility index (Phi) is 5.29.